The van der Waals surface area contributed by atoms with E-state index in [-0.39, 0.29) is 17.7 Å². The van der Waals surface area contributed by atoms with Gasteiger partial charge in [-0.15, -0.1) is 0 Å². The molecular weight excluding hydrogens is 242 g/mol. The van der Waals surface area contributed by atoms with E-state index in [1.54, 1.807) is 12.1 Å². The van der Waals surface area contributed by atoms with Crippen LogP contribution in [0.3, 0.4) is 0 Å². The number of rotatable bonds is 2. The number of fused-ring (bicyclic) bond motifs is 1. The van der Waals surface area contributed by atoms with E-state index >= 15 is 0 Å². The predicted octanol–water partition coefficient (Wildman–Crippen LogP) is 2.26. The van der Waals surface area contributed by atoms with Crippen molar-refractivity contribution in [2.24, 2.45) is 0 Å². The van der Waals surface area contributed by atoms with Crippen LogP contribution in [-0.2, 0) is 0 Å². The fraction of sp³-hybridized carbons (Fsp3) is 0.133. The molecule has 1 aliphatic rings. The lowest BCUT2D eigenvalue weighted by atomic mass is 10.1. The lowest BCUT2D eigenvalue weighted by Crippen LogP contribution is -2.29. The van der Waals surface area contributed by atoms with Crippen LogP contribution >= 0.6 is 0 Å². The number of phenolic OH excluding ortho intramolecular Hbond substituents is 1. The molecule has 0 fully saturated rings. The smallest absolute Gasteiger partial charge is 0.252 e. The molecular formula is C15H13NO3. The van der Waals surface area contributed by atoms with Crippen LogP contribution in [0.25, 0.3) is 0 Å². The highest BCUT2D eigenvalue weighted by Crippen LogP contribution is 2.31. The molecule has 2 N–H and O–H groups in total. The highest BCUT2D eigenvalue weighted by Gasteiger charge is 2.25. The Morgan fingerprint density at radius 1 is 1.21 bits per heavy atom. The monoisotopic (exact) mass is 255 g/mol. The van der Waals surface area contributed by atoms with Crippen molar-refractivity contribution in [3.63, 3.8) is 0 Å². The van der Waals surface area contributed by atoms with E-state index < -0.39 is 0 Å². The van der Waals surface area contributed by atoms with Gasteiger partial charge in [0, 0.05) is 11.1 Å². The standard InChI is InChI=1S/C15H13NO3/c17-11-5-3-4-10(8-11)15(18)16-13-9-19-14-7-2-1-6-12(13)14/h1-8,13,17H,9H2,(H,16,18). The van der Waals surface area contributed by atoms with Crippen molar-refractivity contribution >= 4 is 5.91 Å². The van der Waals surface area contributed by atoms with Crippen molar-refractivity contribution < 1.29 is 14.6 Å². The average molecular weight is 255 g/mol. The topological polar surface area (TPSA) is 58.6 Å². The first-order valence-corrected chi connectivity index (χ1v) is 6.05. The molecule has 1 heterocycles. The summed E-state index contributed by atoms with van der Waals surface area (Å²) >= 11 is 0. The van der Waals surface area contributed by atoms with Gasteiger partial charge in [-0.3, -0.25) is 4.79 Å². The Kier molecular flexibility index (Phi) is 2.83. The highest BCUT2D eigenvalue weighted by atomic mass is 16.5. The number of carbonyl (C=O) groups excluding carboxylic acids is 1. The average Bonchev–Trinajstić information content (AvgIpc) is 2.82. The number of nitrogens with one attached hydrogen (secondary N) is 1. The summed E-state index contributed by atoms with van der Waals surface area (Å²) in [7, 11) is 0. The zero-order chi connectivity index (χ0) is 13.2. The first-order chi connectivity index (χ1) is 9.24. The number of benzene rings is 2. The van der Waals surface area contributed by atoms with Gasteiger partial charge in [0.1, 0.15) is 18.1 Å². The normalized spacial score (nSPS) is 16.5. The predicted molar refractivity (Wildman–Crippen MR) is 70.3 cm³/mol. The van der Waals surface area contributed by atoms with Gasteiger partial charge in [-0.2, -0.15) is 0 Å². The fourth-order valence-corrected chi connectivity index (χ4v) is 2.17. The van der Waals surface area contributed by atoms with Crippen molar-refractivity contribution in [2.45, 2.75) is 6.04 Å². The van der Waals surface area contributed by atoms with Crippen molar-refractivity contribution in [3.8, 4) is 11.5 Å². The van der Waals surface area contributed by atoms with Crippen LogP contribution in [0.1, 0.15) is 22.0 Å². The van der Waals surface area contributed by atoms with Gasteiger partial charge in [0.15, 0.2) is 0 Å². The summed E-state index contributed by atoms with van der Waals surface area (Å²) in [5, 5.41) is 12.3. The van der Waals surface area contributed by atoms with E-state index in [1.807, 2.05) is 24.3 Å². The molecule has 2 aromatic rings. The van der Waals surface area contributed by atoms with E-state index in [2.05, 4.69) is 5.32 Å². The van der Waals surface area contributed by atoms with Crippen molar-refractivity contribution in [2.75, 3.05) is 6.61 Å². The molecule has 0 aliphatic carbocycles. The van der Waals surface area contributed by atoms with Gasteiger partial charge in [-0.25, -0.2) is 0 Å². The van der Waals surface area contributed by atoms with E-state index in [4.69, 9.17) is 4.74 Å². The zero-order valence-corrected chi connectivity index (χ0v) is 10.2. The van der Waals surface area contributed by atoms with Crippen LogP contribution in [0, 0.1) is 0 Å². The molecule has 1 unspecified atom stereocenters. The molecule has 4 heteroatoms. The fourth-order valence-electron chi connectivity index (χ4n) is 2.17. The van der Waals surface area contributed by atoms with Crippen LogP contribution in [0.5, 0.6) is 11.5 Å². The quantitative estimate of drug-likeness (QED) is 0.865. The summed E-state index contributed by atoms with van der Waals surface area (Å²) in [6.45, 7) is 0.434. The summed E-state index contributed by atoms with van der Waals surface area (Å²) < 4.78 is 5.51. The lowest BCUT2D eigenvalue weighted by Gasteiger charge is -2.11. The number of hydrogen-bond acceptors (Lipinski definition) is 3. The summed E-state index contributed by atoms with van der Waals surface area (Å²) in [4.78, 5) is 12.1. The van der Waals surface area contributed by atoms with Crippen LogP contribution in [0.2, 0.25) is 0 Å². The molecule has 0 saturated heterocycles. The maximum absolute atomic E-state index is 12.1. The molecule has 0 radical (unpaired) electrons. The number of hydrogen-bond donors (Lipinski definition) is 2. The van der Waals surface area contributed by atoms with Crippen molar-refractivity contribution in [1.82, 2.24) is 5.32 Å². The summed E-state index contributed by atoms with van der Waals surface area (Å²) in [6.07, 6.45) is 0. The second-order valence-electron chi connectivity index (χ2n) is 4.43. The second-order valence-corrected chi connectivity index (χ2v) is 4.43. The zero-order valence-electron chi connectivity index (χ0n) is 10.2. The number of amides is 1. The number of phenols is 1. The van der Waals surface area contributed by atoms with Crippen molar-refractivity contribution in [1.29, 1.82) is 0 Å². The van der Waals surface area contributed by atoms with Gasteiger partial charge in [-0.1, -0.05) is 24.3 Å². The molecule has 19 heavy (non-hydrogen) atoms. The molecule has 1 atom stereocenters. The van der Waals surface area contributed by atoms with E-state index in [1.165, 1.54) is 12.1 Å². The molecule has 0 aromatic heterocycles. The largest absolute Gasteiger partial charge is 0.508 e. The summed E-state index contributed by atoms with van der Waals surface area (Å²) in [5.41, 5.74) is 1.42. The summed E-state index contributed by atoms with van der Waals surface area (Å²) in [5.74, 6) is 0.667. The highest BCUT2D eigenvalue weighted by molar-refractivity contribution is 5.94. The Labute approximate surface area is 110 Å². The maximum atomic E-state index is 12.1. The number of aromatic hydroxyl groups is 1. The van der Waals surface area contributed by atoms with Crippen LogP contribution in [-0.4, -0.2) is 17.6 Å². The molecule has 3 rings (SSSR count). The van der Waals surface area contributed by atoms with Gasteiger partial charge >= 0.3 is 0 Å². The van der Waals surface area contributed by atoms with Gasteiger partial charge in [0.2, 0.25) is 0 Å². The number of carbonyl (C=O) groups is 1. The minimum absolute atomic E-state index is 0.0794. The Morgan fingerprint density at radius 3 is 2.89 bits per heavy atom. The minimum atomic E-state index is -0.221. The van der Waals surface area contributed by atoms with E-state index in [9.17, 15) is 9.90 Å². The number of ether oxygens (including phenoxy) is 1. The molecule has 2 aromatic carbocycles. The summed E-state index contributed by atoms with van der Waals surface area (Å²) in [6, 6.07) is 13.8. The van der Waals surface area contributed by atoms with Crippen LogP contribution < -0.4 is 10.1 Å². The van der Waals surface area contributed by atoms with Gasteiger partial charge in [0.25, 0.3) is 5.91 Å². The number of para-hydroxylation sites is 1. The first-order valence-electron chi connectivity index (χ1n) is 6.05. The molecule has 0 spiro atoms. The van der Waals surface area contributed by atoms with E-state index in [0.29, 0.717) is 12.2 Å². The third kappa shape index (κ3) is 2.25. The molecule has 4 nitrogen and oxygen atoms in total. The molecule has 0 bridgehead atoms. The maximum Gasteiger partial charge on any atom is 0.252 e. The Morgan fingerprint density at radius 2 is 2.05 bits per heavy atom. The molecule has 0 saturated carbocycles. The minimum Gasteiger partial charge on any atom is -0.508 e. The van der Waals surface area contributed by atoms with Crippen LogP contribution in [0.15, 0.2) is 48.5 Å². The Hall–Kier alpha value is -2.49. The molecule has 1 aliphatic heterocycles. The van der Waals surface area contributed by atoms with Crippen molar-refractivity contribution in [3.05, 3.63) is 59.7 Å². The first kappa shape index (κ1) is 11.6. The molecule has 96 valence electrons. The van der Waals surface area contributed by atoms with E-state index in [0.717, 1.165) is 11.3 Å². The lowest BCUT2D eigenvalue weighted by molar-refractivity contribution is 0.0930. The van der Waals surface area contributed by atoms with Gasteiger partial charge < -0.3 is 15.2 Å². The Bertz CT molecular complexity index is 624. The molecule has 1 amide bonds. The third-order valence-electron chi connectivity index (χ3n) is 3.11. The van der Waals surface area contributed by atoms with Gasteiger partial charge in [-0.05, 0) is 24.3 Å². The SMILES string of the molecule is O=C(NC1COc2ccccc21)c1cccc(O)c1. The Balaban J connectivity index is 1.78. The second kappa shape index (κ2) is 4.65. The third-order valence-corrected chi connectivity index (χ3v) is 3.11. The van der Waals surface area contributed by atoms with Gasteiger partial charge in [0.05, 0.1) is 6.04 Å². The van der Waals surface area contributed by atoms with Crippen LogP contribution in [0.4, 0.5) is 0 Å².